The second-order valence-corrected chi connectivity index (χ2v) is 32.0. The summed E-state index contributed by atoms with van der Waals surface area (Å²) in [5.41, 5.74) is 0. The summed E-state index contributed by atoms with van der Waals surface area (Å²) in [6, 6.07) is 0. The topological polar surface area (TPSA) is 237 Å². The molecule has 0 aromatic heterocycles. The molecule has 0 heterocycles. The molecule has 19 heteroatoms. The average molecular weight is 1560 g/mol. The first-order valence-corrected chi connectivity index (χ1v) is 46.5. The van der Waals surface area contributed by atoms with Crippen molar-refractivity contribution in [1.29, 1.82) is 0 Å². The van der Waals surface area contributed by atoms with Crippen LogP contribution in [0.15, 0.2) is 97.2 Å². The van der Waals surface area contributed by atoms with E-state index < -0.39 is 97.5 Å². The van der Waals surface area contributed by atoms with Crippen molar-refractivity contribution in [1.82, 2.24) is 0 Å². The molecular formula is C89H158O17P2. The maximum Gasteiger partial charge on any atom is 0.472 e. The number of carbonyl (C=O) groups excluding carboxylic acids is 4. The normalized spacial score (nSPS) is 14.2. The van der Waals surface area contributed by atoms with E-state index in [2.05, 4.69) is 101 Å². The highest BCUT2D eigenvalue weighted by Crippen LogP contribution is 2.45. The van der Waals surface area contributed by atoms with Crippen molar-refractivity contribution in [2.24, 2.45) is 0 Å². The zero-order chi connectivity index (χ0) is 78.9. The van der Waals surface area contributed by atoms with Gasteiger partial charge in [0.15, 0.2) is 12.2 Å². The number of aliphatic hydroxyl groups excluding tert-OH is 1. The number of unbranched alkanes of at least 4 members (excludes halogenated alkanes) is 40. The van der Waals surface area contributed by atoms with E-state index in [1.54, 1.807) is 0 Å². The minimum absolute atomic E-state index is 0.0206. The molecule has 0 aliphatic heterocycles. The van der Waals surface area contributed by atoms with Gasteiger partial charge in [0, 0.05) is 25.7 Å². The predicted molar refractivity (Wildman–Crippen MR) is 446 cm³/mol. The van der Waals surface area contributed by atoms with Gasteiger partial charge in [-0.2, -0.15) is 0 Å². The van der Waals surface area contributed by atoms with E-state index in [0.29, 0.717) is 38.5 Å². The molecule has 0 saturated carbocycles. The van der Waals surface area contributed by atoms with E-state index in [0.717, 1.165) is 96.3 Å². The number of allylic oxidation sites excluding steroid dienone is 16. The standard InChI is InChI=1S/C89H158O17P2/c1-5-9-13-17-21-25-29-33-37-41-45-49-53-57-61-65-69-73-86(91)99-79-84(105-88(93)75-71-67-63-59-55-51-47-43-39-35-31-27-23-19-15-11-7-3)81-103-107(95,96)101-77-83(90)78-102-108(97,98)104-82-85(106-89(94)76-72-68-64-60-56-52-48-44-40-36-32-28-24-20-16-12-8-4)80-100-87(92)74-70-66-62-58-54-50-46-42-38-34-30-26-22-18-14-10-6-2/h21,24-25,28,33,36-37,40,45,48-49,52,57,60-61,64,83-85,90H,5-20,22-23,26-27,29-32,34-35,38-39,41-44,46-47,50-51,53-56,58-59,62-63,65-82H2,1-4H3,(H,95,96)(H,97,98)/b25-21-,28-24-,37-33-,40-36-,49-45-,52-48-,61-57-,64-60-/t83-,84+,85+/m0/s1. The second kappa shape index (κ2) is 81.0. The molecule has 0 aliphatic carbocycles. The van der Waals surface area contributed by atoms with Crippen LogP contribution < -0.4 is 0 Å². The van der Waals surface area contributed by atoms with Gasteiger partial charge >= 0.3 is 39.5 Å². The lowest BCUT2D eigenvalue weighted by molar-refractivity contribution is -0.161. The molecule has 0 amide bonds. The van der Waals surface area contributed by atoms with Crippen molar-refractivity contribution in [3.8, 4) is 0 Å². The maximum atomic E-state index is 13.1. The highest BCUT2D eigenvalue weighted by molar-refractivity contribution is 7.47. The van der Waals surface area contributed by atoms with Gasteiger partial charge in [-0.05, 0) is 103 Å². The molecule has 17 nitrogen and oxygen atoms in total. The van der Waals surface area contributed by atoms with Gasteiger partial charge in [-0.3, -0.25) is 37.3 Å². The molecule has 0 spiro atoms. The van der Waals surface area contributed by atoms with Crippen molar-refractivity contribution in [3.63, 3.8) is 0 Å². The van der Waals surface area contributed by atoms with Crippen LogP contribution in [0.3, 0.4) is 0 Å². The number of hydrogen-bond donors (Lipinski definition) is 3. The van der Waals surface area contributed by atoms with E-state index in [1.165, 1.54) is 199 Å². The highest BCUT2D eigenvalue weighted by atomic mass is 31.2. The molecule has 0 bridgehead atoms. The molecule has 626 valence electrons. The summed E-state index contributed by atoms with van der Waals surface area (Å²) >= 11 is 0. The monoisotopic (exact) mass is 1560 g/mol. The Morgan fingerprint density at radius 3 is 0.741 bits per heavy atom. The minimum Gasteiger partial charge on any atom is -0.462 e. The lowest BCUT2D eigenvalue weighted by atomic mass is 10.0. The van der Waals surface area contributed by atoms with Crippen LogP contribution >= 0.6 is 15.6 Å². The first-order chi connectivity index (χ1) is 52.7. The Hall–Kier alpha value is -4.02. The SMILES string of the molecule is CCCCC/C=C\C/C=C\C/C=C\C/C=C\CCCC(=O)OC[C@H](COP(=O)(O)OC[C@H](O)COP(=O)(O)OC[C@@H](COC(=O)CCCCCCCCCCCCCCCCCCC)OC(=O)CCC/C=C\C/C=C\C/C=C\C/C=C\CCCCC)OC(=O)CCCCCCCCCCCCCCCCCCC. The molecule has 108 heavy (non-hydrogen) atoms. The van der Waals surface area contributed by atoms with Crippen LogP contribution in [-0.4, -0.2) is 96.7 Å². The van der Waals surface area contributed by atoms with Crippen molar-refractivity contribution >= 4 is 39.5 Å². The Bertz CT molecular complexity index is 2420. The molecule has 0 saturated heterocycles. The first kappa shape index (κ1) is 104. The summed E-state index contributed by atoms with van der Waals surface area (Å²) in [6.07, 6.45) is 88.1. The molecule has 0 rings (SSSR count). The minimum atomic E-state index is -5.00. The van der Waals surface area contributed by atoms with Crippen LogP contribution in [0.1, 0.15) is 387 Å². The van der Waals surface area contributed by atoms with Crippen LogP contribution in [0.4, 0.5) is 0 Å². The molecule has 3 N–H and O–H groups in total. The Morgan fingerprint density at radius 1 is 0.259 bits per heavy atom. The van der Waals surface area contributed by atoms with E-state index in [1.807, 2.05) is 24.3 Å². The summed E-state index contributed by atoms with van der Waals surface area (Å²) in [5.74, 6) is -2.28. The molecule has 0 fully saturated rings. The lowest BCUT2D eigenvalue weighted by Crippen LogP contribution is -2.30. The Kier molecular flexibility index (Phi) is 78.0. The smallest absolute Gasteiger partial charge is 0.462 e. The molecule has 0 aromatic rings. The van der Waals surface area contributed by atoms with Crippen molar-refractivity contribution in [3.05, 3.63) is 97.2 Å². The summed E-state index contributed by atoms with van der Waals surface area (Å²) in [6.45, 7) is 4.79. The third kappa shape index (κ3) is 80.0. The number of ether oxygens (including phenoxy) is 4. The number of phosphoric ester groups is 2. The van der Waals surface area contributed by atoms with Gasteiger partial charge < -0.3 is 33.8 Å². The number of hydrogen-bond acceptors (Lipinski definition) is 15. The zero-order valence-corrected chi connectivity index (χ0v) is 70.6. The molecule has 2 unspecified atom stereocenters. The molecule has 0 radical (unpaired) electrons. The van der Waals surface area contributed by atoms with E-state index >= 15 is 0 Å². The number of aliphatic hydroxyl groups is 1. The molecule has 5 atom stereocenters. The van der Waals surface area contributed by atoms with E-state index in [-0.39, 0.29) is 25.7 Å². The van der Waals surface area contributed by atoms with Crippen LogP contribution in [-0.2, 0) is 65.4 Å². The third-order valence-electron chi connectivity index (χ3n) is 18.6. The van der Waals surface area contributed by atoms with Crippen molar-refractivity contribution in [2.45, 2.75) is 406 Å². The van der Waals surface area contributed by atoms with Gasteiger partial charge in [0.2, 0.25) is 0 Å². The van der Waals surface area contributed by atoms with Gasteiger partial charge in [0.25, 0.3) is 0 Å². The Morgan fingerprint density at radius 2 is 0.463 bits per heavy atom. The highest BCUT2D eigenvalue weighted by Gasteiger charge is 2.30. The van der Waals surface area contributed by atoms with Crippen LogP contribution in [0.5, 0.6) is 0 Å². The fourth-order valence-electron chi connectivity index (χ4n) is 11.9. The largest absolute Gasteiger partial charge is 0.472 e. The summed E-state index contributed by atoms with van der Waals surface area (Å²) in [4.78, 5) is 73.2. The van der Waals surface area contributed by atoms with Crippen LogP contribution in [0, 0.1) is 0 Å². The summed E-state index contributed by atoms with van der Waals surface area (Å²) in [5, 5.41) is 10.7. The van der Waals surface area contributed by atoms with E-state index in [4.69, 9.17) is 37.0 Å². The fraction of sp³-hybridized carbons (Fsp3) is 0.775. The van der Waals surface area contributed by atoms with Gasteiger partial charge in [-0.25, -0.2) is 9.13 Å². The number of phosphoric acid groups is 2. The van der Waals surface area contributed by atoms with Gasteiger partial charge in [0.1, 0.15) is 19.3 Å². The molecular weight excluding hydrogens is 1400 g/mol. The number of carbonyl (C=O) groups is 4. The van der Waals surface area contributed by atoms with Crippen LogP contribution in [0.25, 0.3) is 0 Å². The van der Waals surface area contributed by atoms with Crippen LogP contribution in [0.2, 0.25) is 0 Å². The fourth-order valence-corrected chi connectivity index (χ4v) is 13.5. The quantitative estimate of drug-likeness (QED) is 0.0169. The maximum absolute atomic E-state index is 13.1. The third-order valence-corrected chi connectivity index (χ3v) is 20.5. The average Bonchev–Trinajstić information content (AvgIpc) is 0.880. The molecule has 0 aromatic carbocycles. The van der Waals surface area contributed by atoms with Gasteiger partial charge in [-0.1, -0.05) is 356 Å². The zero-order valence-electron chi connectivity index (χ0n) is 68.8. The van der Waals surface area contributed by atoms with Gasteiger partial charge in [-0.15, -0.1) is 0 Å². The lowest BCUT2D eigenvalue weighted by Gasteiger charge is -2.21. The Labute approximate surface area is 658 Å². The number of rotatable bonds is 82. The Balaban J connectivity index is 5.43. The molecule has 0 aliphatic rings. The van der Waals surface area contributed by atoms with Gasteiger partial charge in [0.05, 0.1) is 26.4 Å². The summed E-state index contributed by atoms with van der Waals surface area (Å²) in [7, 11) is -9.99. The summed E-state index contributed by atoms with van der Waals surface area (Å²) < 4.78 is 68.7. The first-order valence-electron chi connectivity index (χ1n) is 43.5. The van der Waals surface area contributed by atoms with Crippen molar-refractivity contribution in [2.75, 3.05) is 39.6 Å². The van der Waals surface area contributed by atoms with E-state index in [9.17, 15) is 43.2 Å². The predicted octanol–water partition coefficient (Wildman–Crippen LogP) is 25.9. The second-order valence-electron chi connectivity index (χ2n) is 29.1. The van der Waals surface area contributed by atoms with Crippen molar-refractivity contribution < 1.29 is 80.2 Å². The number of esters is 4.